The Bertz CT molecular complexity index is 723. The van der Waals surface area contributed by atoms with Crippen LogP contribution in [0.1, 0.15) is 35.4 Å². The molecule has 1 aliphatic carbocycles. The van der Waals surface area contributed by atoms with E-state index in [4.69, 9.17) is 11.6 Å². The van der Waals surface area contributed by atoms with E-state index < -0.39 is 12.1 Å². The van der Waals surface area contributed by atoms with Crippen molar-refractivity contribution < 1.29 is 22.3 Å². The van der Waals surface area contributed by atoms with E-state index in [-0.39, 0.29) is 16.8 Å². The van der Waals surface area contributed by atoms with Crippen molar-refractivity contribution in [2.45, 2.75) is 25.1 Å². The lowest BCUT2D eigenvalue weighted by molar-refractivity contribution is -0.274. The molecule has 2 aromatic rings. The number of hydrogen-bond donors (Lipinski definition) is 0. The van der Waals surface area contributed by atoms with E-state index in [1.54, 1.807) is 18.2 Å². The minimum atomic E-state index is -4.78. The van der Waals surface area contributed by atoms with Gasteiger partial charge in [0.1, 0.15) is 11.6 Å². The van der Waals surface area contributed by atoms with Crippen LogP contribution in [-0.2, 0) is 0 Å². The maximum absolute atomic E-state index is 14.4. The average Bonchev–Trinajstić information content (AvgIpc) is 3.26. The molecule has 0 saturated heterocycles. The van der Waals surface area contributed by atoms with Crippen molar-refractivity contribution in [1.82, 2.24) is 0 Å². The summed E-state index contributed by atoms with van der Waals surface area (Å²) in [6, 6.07) is 8.70. The van der Waals surface area contributed by atoms with Crippen molar-refractivity contribution >= 4 is 11.6 Å². The van der Waals surface area contributed by atoms with Crippen LogP contribution in [0.4, 0.5) is 17.6 Å². The zero-order chi connectivity index (χ0) is 16.6. The lowest BCUT2D eigenvalue weighted by Crippen LogP contribution is -2.17. The molecule has 0 unspecified atom stereocenters. The first-order chi connectivity index (χ1) is 10.8. The standard InChI is InChI=1S/C17H12ClF4O/c18-15-9-13(23-17(20,21)22)7-6-11(15)8-12-2-1-3-14(16(12)19)10-4-5-10/h1-3,6-10H,4-5H2. The van der Waals surface area contributed by atoms with Crippen molar-refractivity contribution in [3.8, 4) is 5.75 Å². The monoisotopic (exact) mass is 343 g/mol. The van der Waals surface area contributed by atoms with Crippen molar-refractivity contribution in [3.05, 3.63) is 70.3 Å². The van der Waals surface area contributed by atoms with E-state index in [0.29, 0.717) is 16.7 Å². The third kappa shape index (κ3) is 3.96. The molecule has 0 amide bonds. The van der Waals surface area contributed by atoms with Gasteiger partial charge in [0.2, 0.25) is 0 Å². The predicted octanol–water partition coefficient (Wildman–Crippen LogP) is 5.86. The fourth-order valence-corrected chi connectivity index (χ4v) is 2.60. The van der Waals surface area contributed by atoms with E-state index in [9.17, 15) is 17.6 Å². The van der Waals surface area contributed by atoms with Gasteiger partial charge in [0, 0.05) is 11.4 Å². The SMILES string of the molecule is Fc1c([CH]c2ccc(OC(F)(F)F)cc2Cl)cccc1C1CC1. The Morgan fingerprint density at radius 2 is 1.83 bits per heavy atom. The largest absolute Gasteiger partial charge is 0.573 e. The van der Waals surface area contributed by atoms with Crippen LogP contribution in [0.15, 0.2) is 36.4 Å². The first-order valence-electron chi connectivity index (χ1n) is 7.02. The Hall–Kier alpha value is -1.75. The van der Waals surface area contributed by atoms with Crippen LogP contribution in [0.5, 0.6) is 5.75 Å². The van der Waals surface area contributed by atoms with Crippen molar-refractivity contribution in [2.24, 2.45) is 0 Å². The molecule has 1 fully saturated rings. The maximum atomic E-state index is 14.4. The zero-order valence-corrected chi connectivity index (χ0v) is 12.6. The molecule has 0 bridgehead atoms. The highest BCUT2D eigenvalue weighted by Gasteiger charge is 2.31. The Labute approximate surface area is 135 Å². The topological polar surface area (TPSA) is 9.23 Å². The Morgan fingerprint density at radius 1 is 1.09 bits per heavy atom. The molecule has 0 spiro atoms. The van der Waals surface area contributed by atoms with E-state index in [1.165, 1.54) is 12.5 Å². The number of alkyl halides is 3. The molecule has 0 aliphatic heterocycles. The summed E-state index contributed by atoms with van der Waals surface area (Å²) in [5.74, 6) is -0.449. The van der Waals surface area contributed by atoms with Crippen LogP contribution in [0, 0.1) is 12.2 Å². The van der Waals surface area contributed by atoms with Crippen molar-refractivity contribution in [2.75, 3.05) is 0 Å². The second-order valence-electron chi connectivity index (χ2n) is 5.40. The fourth-order valence-electron chi connectivity index (χ4n) is 2.38. The third-order valence-corrected chi connectivity index (χ3v) is 3.92. The lowest BCUT2D eigenvalue weighted by atomic mass is 10.00. The number of halogens is 5. The molecule has 0 N–H and O–H groups in total. The minimum absolute atomic E-state index is 0.0583. The fraction of sp³-hybridized carbons (Fsp3) is 0.235. The van der Waals surface area contributed by atoms with Gasteiger partial charge in [-0.25, -0.2) is 4.39 Å². The zero-order valence-electron chi connectivity index (χ0n) is 11.8. The number of benzene rings is 2. The molecule has 0 heterocycles. The third-order valence-electron chi connectivity index (χ3n) is 3.59. The molecule has 1 aliphatic rings. The van der Waals surface area contributed by atoms with E-state index >= 15 is 0 Å². The summed E-state index contributed by atoms with van der Waals surface area (Å²) in [5, 5.41) is 0.0583. The van der Waals surface area contributed by atoms with Gasteiger partial charge in [-0.05, 0) is 47.6 Å². The smallest absolute Gasteiger partial charge is 0.406 e. The first kappa shape index (κ1) is 16.1. The molecule has 1 radical (unpaired) electrons. The van der Waals surface area contributed by atoms with Crippen molar-refractivity contribution in [1.29, 1.82) is 0 Å². The molecule has 121 valence electrons. The van der Waals surface area contributed by atoms with Crippen LogP contribution < -0.4 is 4.74 Å². The maximum Gasteiger partial charge on any atom is 0.573 e. The van der Waals surface area contributed by atoms with Crippen LogP contribution in [0.3, 0.4) is 0 Å². The molecule has 6 heteroatoms. The molecule has 0 atom stereocenters. The molecule has 3 rings (SSSR count). The number of hydrogen-bond acceptors (Lipinski definition) is 1. The van der Waals surface area contributed by atoms with Gasteiger partial charge >= 0.3 is 6.36 Å². The first-order valence-corrected chi connectivity index (χ1v) is 7.40. The lowest BCUT2D eigenvalue weighted by Gasteiger charge is -2.12. The van der Waals surface area contributed by atoms with E-state index in [1.807, 2.05) is 0 Å². The molecule has 23 heavy (non-hydrogen) atoms. The van der Waals surface area contributed by atoms with Gasteiger partial charge < -0.3 is 4.74 Å². The van der Waals surface area contributed by atoms with E-state index in [0.717, 1.165) is 25.0 Å². The number of rotatable bonds is 4. The Kier molecular flexibility index (Phi) is 4.23. The van der Waals surface area contributed by atoms with Gasteiger partial charge in [-0.2, -0.15) is 0 Å². The van der Waals surface area contributed by atoms with Crippen LogP contribution >= 0.6 is 11.6 Å². The van der Waals surface area contributed by atoms with Crippen LogP contribution in [-0.4, -0.2) is 6.36 Å². The predicted molar refractivity (Wildman–Crippen MR) is 79.0 cm³/mol. The molecule has 0 aromatic heterocycles. The number of ether oxygens (including phenoxy) is 1. The summed E-state index contributed by atoms with van der Waals surface area (Å²) in [7, 11) is 0. The van der Waals surface area contributed by atoms with Gasteiger partial charge in [0.25, 0.3) is 0 Å². The summed E-state index contributed by atoms with van der Waals surface area (Å²) in [6.45, 7) is 0. The molecular weight excluding hydrogens is 332 g/mol. The summed E-state index contributed by atoms with van der Waals surface area (Å²) < 4.78 is 54.8. The minimum Gasteiger partial charge on any atom is -0.406 e. The highest BCUT2D eigenvalue weighted by molar-refractivity contribution is 6.31. The summed E-state index contributed by atoms with van der Waals surface area (Å²) in [4.78, 5) is 0. The van der Waals surface area contributed by atoms with Gasteiger partial charge in [-0.3, -0.25) is 0 Å². The van der Waals surface area contributed by atoms with Gasteiger partial charge in [-0.1, -0.05) is 35.9 Å². The molecule has 1 nitrogen and oxygen atoms in total. The average molecular weight is 344 g/mol. The Morgan fingerprint density at radius 3 is 2.43 bits per heavy atom. The summed E-state index contributed by atoms with van der Waals surface area (Å²) in [6.07, 6.45) is -1.31. The van der Waals surface area contributed by atoms with Gasteiger partial charge in [0.05, 0.1) is 0 Å². The summed E-state index contributed by atoms with van der Waals surface area (Å²) in [5.41, 5.74) is 1.46. The molecule has 2 aromatic carbocycles. The van der Waals surface area contributed by atoms with Crippen LogP contribution in [0.25, 0.3) is 0 Å². The Balaban J connectivity index is 1.82. The highest BCUT2D eigenvalue weighted by atomic mass is 35.5. The van der Waals surface area contributed by atoms with Gasteiger partial charge in [0.15, 0.2) is 0 Å². The summed E-state index contributed by atoms with van der Waals surface area (Å²) >= 11 is 5.97. The second kappa shape index (κ2) is 6.04. The van der Waals surface area contributed by atoms with Crippen molar-refractivity contribution in [3.63, 3.8) is 0 Å². The molecular formula is C17H12ClF4O. The molecule has 1 saturated carbocycles. The second-order valence-corrected chi connectivity index (χ2v) is 5.81. The normalized spacial score (nSPS) is 14.8. The van der Waals surface area contributed by atoms with E-state index in [2.05, 4.69) is 4.74 Å². The van der Waals surface area contributed by atoms with Crippen LogP contribution in [0.2, 0.25) is 5.02 Å². The van der Waals surface area contributed by atoms with Gasteiger partial charge in [-0.15, -0.1) is 13.2 Å². The highest BCUT2D eigenvalue weighted by Crippen LogP contribution is 2.42. The quantitative estimate of drug-likeness (QED) is 0.632.